The Morgan fingerprint density at radius 2 is 1.95 bits per heavy atom. The van der Waals surface area contributed by atoms with E-state index in [0.717, 1.165) is 16.5 Å². The van der Waals surface area contributed by atoms with E-state index >= 15 is 0 Å². The molecule has 9 heteroatoms. The molecule has 1 aliphatic rings. The molecule has 1 aliphatic heterocycles. The number of ether oxygens (including phenoxy) is 3. The van der Waals surface area contributed by atoms with Crippen LogP contribution in [0.15, 0.2) is 82.4 Å². The Bertz CT molecular complexity index is 1830. The van der Waals surface area contributed by atoms with Crippen LogP contribution in [0.2, 0.25) is 0 Å². The van der Waals surface area contributed by atoms with Gasteiger partial charge in [0.05, 0.1) is 42.2 Å². The molecule has 4 aromatic rings. The molecule has 0 bridgehead atoms. The number of thiazole rings is 1. The van der Waals surface area contributed by atoms with E-state index in [4.69, 9.17) is 14.2 Å². The van der Waals surface area contributed by atoms with Gasteiger partial charge in [0.1, 0.15) is 0 Å². The van der Waals surface area contributed by atoms with E-state index in [1.54, 1.807) is 31.6 Å². The Morgan fingerprint density at radius 1 is 1.15 bits per heavy atom. The number of aromatic nitrogens is 2. The zero-order valence-corrected chi connectivity index (χ0v) is 23.8. The molecule has 0 saturated carbocycles. The fourth-order valence-corrected chi connectivity index (χ4v) is 6.10. The number of carbonyl (C=O) groups is 1. The number of fused-ring (bicyclic) bond motifs is 2. The molecule has 0 aliphatic carbocycles. The van der Waals surface area contributed by atoms with Crippen molar-refractivity contribution in [3.63, 3.8) is 0 Å². The van der Waals surface area contributed by atoms with Crippen LogP contribution >= 0.6 is 11.3 Å². The van der Waals surface area contributed by atoms with Crippen LogP contribution in [0.5, 0.6) is 11.5 Å². The van der Waals surface area contributed by atoms with Crippen molar-refractivity contribution in [2.75, 3.05) is 20.3 Å². The summed E-state index contributed by atoms with van der Waals surface area (Å²) in [6, 6.07) is 12.7. The second kappa shape index (κ2) is 11.4. The van der Waals surface area contributed by atoms with Gasteiger partial charge >= 0.3 is 5.97 Å². The van der Waals surface area contributed by atoms with E-state index in [1.165, 1.54) is 11.3 Å². The third kappa shape index (κ3) is 4.77. The molecular weight excluding hydrogens is 526 g/mol. The average molecular weight is 558 g/mol. The average Bonchev–Trinajstić information content (AvgIpc) is 3.45. The van der Waals surface area contributed by atoms with Gasteiger partial charge in [-0.2, -0.15) is 0 Å². The number of rotatable bonds is 9. The number of carbonyl (C=O) groups excluding carboxylic acids is 1. The number of nitrogens with zero attached hydrogens (tertiary/aromatic N) is 3. The lowest BCUT2D eigenvalue weighted by Crippen LogP contribution is -2.40. The lowest BCUT2D eigenvalue weighted by atomic mass is 9.95. The Hall–Kier alpha value is -4.37. The Labute approximate surface area is 235 Å². The molecule has 3 heterocycles. The number of benzene rings is 2. The smallest absolute Gasteiger partial charge is 0.338 e. The molecule has 8 nitrogen and oxygen atoms in total. The summed E-state index contributed by atoms with van der Waals surface area (Å²) in [4.78, 5) is 32.5. The minimum atomic E-state index is -0.746. The van der Waals surface area contributed by atoms with Crippen LogP contribution in [-0.4, -0.2) is 35.4 Å². The molecule has 1 atom stereocenters. The van der Waals surface area contributed by atoms with Gasteiger partial charge < -0.3 is 18.8 Å². The SMILES string of the molecule is C=CCn1cc(/C=c2\sc3n(c2=O)[C@@H](c2ccc(OC)c(OCC)c2)C(C(=O)OCC)=C(C)N=3)c2ccccc21. The van der Waals surface area contributed by atoms with Crippen molar-refractivity contribution < 1.29 is 19.0 Å². The summed E-state index contributed by atoms with van der Waals surface area (Å²) in [5.74, 6) is 0.578. The van der Waals surface area contributed by atoms with E-state index in [2.05, 4.69) is 16.1 Å². The third-order valence-corrected chi connectivity index (χ3v) is 7.74. The molecule has 0 saturated heterocycles. The van der Waals surface area contributed by atoms with Crippen LogP contribution in [0.1, 0.15) is 37.9 Å². The van der Waals surface area contributed by atoms with Gasteiger partial charge in [-0.1, -0.05) is 41.7 Å². The van der Waals surface area contributed by atoms with Crippen LogP contribution in [-0.2, 0) is 16.1 Å². The first-order valence-corrected chi connectivity index (χ1v) is 13.9. The quantitative estimate of drug-likeness (QED) is 0.226. The molecule has 40 heavy (non-hydrogen) atoms. The number of methoxy groups -OCH3 is 1. The molecule has 2 aromatic carbocycles. The summed E-state index contributed by atoms with van der Waals surface area (Å²) in [6.45, 7) is 10.6. The second-order valence-corrected chi connectivity index (χ2v) is 10.2. The Balaban J connectivity index is 1.74. The second-order valence-electron chi connectivity index (χ2n) is 9.19. The number of hydrogen-bond acceptors (Lipinski definition) is 7. The molecule has 0 amide bonds. The summed E-state index contributed by atoms with van der Waals surface area (Å²) >= 11 is 1.30. The molecule has 0 spiro atoms. The van der Waals surface area contributed by atoms with Gasteiger partial charge in [0, 0.05) is 29.2 Å². The Morgan fingerprint density at radius 3 is 2.67 bits per heavy atom. The monoisotopic (exact) mass is 557 g/mol. The summed E-state index contributed by atoms with van der Waals surface area (Å²) in [7, 11) is 1.57. The van der Waals surface area contributed by atoms with E-state index < -0.39 is 12.0 Å². The molecule has 206 valence electrons. The van der Waals surface area contributed by atoms with Gasteiger partial charge in [-0.3, -0.25) is 9.36 Å². The zero-order valence-electron chi connectivity index (χ0n) is 23.0. The molecule has 0 fully saturated rings. The summed E-state index contributed by atoms with van der Waals surface area (Å²) < 4.78 is 20.9. The molecule has 2 aromatic heterocycles. The fourth-order valence-electron chi connectivity index (χ4n) is 5.06. The standard InChI is InChI=1S/C31H31N3O5S/c1-6-15-33-18-21(22-11-9-10-12-23(22)33)17-26-29(35)34-28(20-13-14-24(37-5)25(16-20)38-7-2)27(30(36)39-8-3)19(4)32-31(34)40-26/h6,9-14,16-18,28H,1,7-8,15H2,2-5H3/b26-17-/t28-/m0/s1. The minimum Gasteiger partial charge on any atom is -0.493 e. The van der Waals surface area contributed by atoms with Crippen LogP contribution in [0.4, 0.5) is 0 Å². The van der Waals surface area contributed by atoms with Gasteiger partial charge in [0.25, 0.3) is 5.56 Å². The maximum Gasteiger partial charge on any atom is 0.338 e. The molecular formula is C31H31N3O5S. The summed E-state index contributed by atoms with van der Waals surface area (Å²) in [6.07, 6.45) is 5.76. The van der Waals surface area contributed by atoms with Crippen molar-refractivity contribution in [2.24, 2.45) is 4.99 Å². The highest BCUT2D eigenvalue weighted by Gasteiger charge is 2.34. The number of esters is 1. The van der Waals surface area contributed by atoms with Gasteiger partial charge in [-0.05, 0) is 50.6 Å². The number of allylic oxidation sites excluding steroid dienone is 2. The maximum absolute atomic E-state index is 14.1. The highest BCUT2D eigenvalue weighted by Crippen LogP contribution is 2.36. The predicted octanol–water partition coefficient (Wildman–Crippen LogP) is 4.35. The number of hydrogen-bond donors (Lipinski definition) is 0. The zero-order chi connectivity index (χ0) is 28.4. The molecule has 0 radical (unpaired) electrons. The van der Waals surface area contributed by atoms with E-state index in [-0.39, 0.29) is 12.2 Å². The first-order valence-electron chi connectivity index (χ1n) is 13.1. The lowest BCUT2D eigenvalue weighted by Gasteiger charge is -2.25. The third-order valence-electron chi connectivity index (χ3n) is 6.75. The molecule has 0 N–H and O–H groups in total. The predicted molar refractivity (Wildman–Crippen MR) is 157 cm³/mol. The van der Waals surface area contributed by atoms with Crippen LogP contribution in [0, 0.1) is 0 Å². The van der Waals surface area contributed by atoms with Crippen LogP contribution in [0.25, 0.3) is 17.0 Å². The molecule has 5 rings (SSSR count). The van der Waals surface area contributed by atoms with Gasteiger partial charge in [-0.25, -0.2) is 9.79 Å². The van der Waals surface area contributed by atoms with Crippen molar-refractivity contribution in [1.29, 1.82) is 0 Å². The van der Waals surface area contributed by atoms with Crippen molar-refractivity contribution in [2.45, 2.75) is 33.4 Å². The van der Waals surface area contributed by atoms with Crippen LogP contribution < -0.4 is 24.4 Å². The van der Waals surface area contributed by atoms with Gasteiger partial charge in [0.15, 0.2) is 16.3 Å². The van der Waals surface area contributed by atoms with Crippen molar-refractivity contribution in [3.8, 4) is 11.5 Å². The first-order chi connectivity index (χ1) is 19.4. The van der Waals surface area contributed by atoms with Gasteiger partial charge in [0.2, 0.25) is 0 Å². The lowest BCUT2D eigenvalue weighted by molar-refractivity contribution is -0.139. The van der Waals surface area contributed by atoms with Crippen molar-refractivity contribution in [1.82, 2.24) is 9.13 Å². The number of para-hydroxylation sites is 1. The van der Waals surface area contributed by atoms with Crippen molar-refractivity contribution in [3.05, 3.63) is 103 Å². The largest absolute Gasteiger partial charge is 0.493 e. The fraction of sp³-hybridized carbons (Fsp3) is 0.258. The maximum atomic E-state index is 14.1. The van der Waals surface area contributed by atoms with E-state index in [9.17, 15) is 9.59 Å². The van der Waals surface area contributed by atoms with Crippen molar-refractivity contribution >= 4 is 34.3 Å². The first kappa shape index (κ1) is 27.2. The molecule has 0 unspecified atom stereocenters. The van der Waals surface area contributed by atoms with E-state index in [1.807, 2.05) is 61.7 Å². The minimum absolute atomic E-state index is 0.203. The highest BCUT2D eigenvalue weighted by molar-refractivity contribution is 7.07. The highest BCUT2D eigenvalue weighted by atomic mass is 32.1. The Kier molecular flexibility index (Phi) is 7.75. The van der Waals surface area contributed by atoms with Crippen LogP contribution in [0.3, 0.4) is 0 Å². The van der Waals surface area contributed by atoms with Gasteiger partial charge in [-0.15, -0.1) is 6.58 Å². The normalized spacial score (nSPS) is 15.1. The summed E-state index contributed by atoms with van der Waals surface area (Å²) in [5.41, 5.74) is 3.25. The van der Waals surface area contributed by atoms with E-state index in [0.29, 0.717) is 50.8 Å². The topological polar surface area (TPSA) is 84.0 Å². The summed E-state index contributed by atoms with van der Waals surface area (Å²) in [5, 5.41) is 1.03.